The molecule has 11 heteroatoms. The van der Waals surface area contributed by atoms with Crippen molar-refractivity contribution in [3.05, 3.63) is 48.4 Å². The molecule has 2 fully saturated rings. The number of carbonyl (C=O) groups is 1. The smallest absolute Gasteiger partial charge is 0.248 e. The highest BCUT2D eigenvalue weighted by molar-refractivity contribution is 6.01. The van der Waals surface area contributed by atoms with Crippen LogP contribution in [0.15, 0.2) is 58.0 Å². The van der Waals surface area contributed by atoms with E-state index in [0.29, 0.717) is 23.6 Å². The SMILES string of the molecule is COc1cc(C2=C[C@H](C(=O)N[C@H]3CC34CCC(/C=N/c3ncccn3)CC4)C3C(N)=NC=NN23)ccn1. The molecule has 37 heavy (non-hydrogen) atoms. The summed E-state index contributed by atoms with van der Waals surface area (Å²) in [4.78, 5) is 34.6. The Hall–Kier alpha value is -4.15. The minimum atomic E-state index is -0.498. The second-order valence-electron chi connectivity index (χ2n) is 10.0. The number of aliphatic imine (C=N–C) groups is 2. The van der Waals surface area contributed by atoms with E-state index in [4.69, 9.17) is 10.5 Å². The Morgan fingerprint density at radius 2 is 2.05 bits per heavy atom. The highest BCUT2D eigenvalue weighted by Gasteiger charge is 2.56. The molecule has 2 aliphatic carbocycles. The lowest BCUT2D eigenvalue weighted by molar-refractivity contribution is -0.124. The van der Waals surface area contributed by atoms with Gasteiger partial charge in [0, 0.05) is 42.5 Å². The molecule has 1 amide bonds. The third-order valence-corrected chi connectivity index (χ3v) is 7.90. The van der Waals surface area contributed by atoms with Gasteiger partial charge in [0.15, 0.2) is 0 Å². The van der Waals surface area contributed by atoms with Crippen LogP contribution in [0, 0.1) is 17.3 Å². The Balaban J connectivity index is 1.12. The topological polar surface area (TPSA) is 143 Å². The number of carbonyl (C=O) groups excluding carboxylic acids is 1. The van der Waals surface area contributed by atoms with E-state index in [-0.39, 0.29) is 17.4 Å². The van der Waals surface area contributed by atoms with E-state index in [1.54, 1.807) is 36.8 Å². The summed E-state index contributed by atoms with van der Waals surface area (Å²) in [6, 6.07) is 5.18. The summed E-state index contributed by atoms with van der Waals surface area (Å²) in [5, 5.41) is 9.51. The van der Waals surface area contributed by atoms with Gasteiger partial charge in [-0.3, -0.25) is 9.80 Å². The number of fused-ring (bicyclic) bond motifs is 1. The number of rotatable bonds is 6. The second-order valence-corrected chi connectivity index (χ2v) is 10.0. The first-order chi connectivity index (χ1) is 18.1. The van der Waals surface area contributed by atoms with E-state index in [0.717, 1.165) is 43.4 Å². The zero-order valence-corrected chi connectivity index (χ0v) is 20.6. The quantitative estimate of drug-likeness (QED) is 0.581. The molecular weight excluding hydrogens is 470 g/mol. The number of hydrogen-bond donors (Lipinski definition) is 2. The van der Waals surface area contributed by atoms with Crippen molar-refractivity contribution >= 4 is 35.9 Å². The van der Waals surface area contributed by atoms with E-state index in [1.165, 1.54) is 6.34 Å². The summed E-state index contributed by atoms with van der Waals surface area (Å²) < 4.78 is 5.28. The van der Waals surface area contributed by atoms with Gasteiger partial charge in [-0.2, -0.15) is 5.10 Å². The molecule has 2 aliphatic heterocycles. The number of pyridine rings is 1. The van der Waals surface area contributed by atoms with Crippen LogP contribution in [0.1, 0.15) is 37.7 Å². The molecule has 3 N–H and O–H groups in total. The number of hydrazone groups is 1. The number of hydrogen-bond acceptors (Lipinski definition) is 10. The van der Waals surface area contributed by atoms with Crippen molar-refractivity contribution < 1.29 is 9.53 Å². The van der Waals surface area contributed by atoms with Crippen LogP contribution in [0.2, 0.25) is 0 Å². The van der Waals surface area contributed by atoms with E-state index in [2.05, 4.69) is 35.4 Å². The lowest BCUT2D eigenvalue weighted by atomic mass is 9.79. The van der Waals surface area contributed by atoms with Crippen molar-refractivity contribution in [2.75, 3.05) is 7.11 Å². The molecule has 1 unspecified atom stereocenters. The molecule has 0 bridgehead atoms. The molecule has 3 atom stereocenters. The average molecular weight is 500 g/mol. The first-order valence-corrected chi connectivity index (χ1v) is 12.5. The number of nitrogens with two attached hydrogens (primary N) is 1. The van der Waals surface area contributed by atoms with Gasteiger partial charge in [0.25, 0.3) is 0 Å². The predicted molar refractivity (Wildman–Crippen MR) is 139 cm³/mol. The monoisotopic (exact) mass is 499 g/mol. The van der Waals surface area contributed by atoms with Gasteiger partial charge in [0.05, 0.1) is 18.7 Å². The minimum Gasteiger partial charge on any atom is -0.481 e. The Morgan fingerprint density at radius 3 is 2.84 bits per heavy atom. The predicted octanol–water partition coefficient (Wildman–Crippen LogP) is 2.30. The van der Waals surface area contributed by atoms with E-state index < -0.39 is 12.0 Å². The van der Waals surface area contributed by atoms with Crippen LogP contribution in [0.25, 0.3) is 5.70 Å². The highest BCUT2D eigenvalue weighted by Crippen LogP contribution is 2.57. The van der Waals surface area contributed by atoms with Gasteiger partial charge in [-0.1, -0.05) is 0 Å². The van der Waals surface area contributed by atoms with Gasteiger partial charge in [-0.05, 0) is 61.6 Å². The van der Waals surface area contributed by atoms with Crippen molar-refractivity contribution in [1.29, 1.82) is 0 Å². The molecule has 4 aliphatic rings. The lowest BCUT2D eigenvalue weighted by Crippen LogP contribution is -2.49. The molecule has 0 radical (unpaired) electrons. The summed E-state index contributed by atoms with van der Waals surface area (Å²) >= 11 is 0. The Kier molecular flexibility index (Phi) is 5.90. The fourth-order valence-corrected chi connectivity index (χ4v) is 5.70. The standard InChI is InChI=1S/C26H29N9O2/c1-37-21-11-17(5-10-28-21)19-12-18(22-23(27)32-15-33-35(19)22)24(36)34-20-13-26(20)6-3-16(4-7-26)14-31-25-29-8-2-9-30-25/h2,5,8-12,14-16,18,20,22H,3-4,6-7,13H2,1H3,(H,34,36)(H2,27,32,33)/b31-14+/t16?,18-,20-,22?,26?/m0/s1. The number of nitrogens with one attached hydrogen (secondary N) is 1. The van der Waals surface area contributed by atoms with Crippen molar-refractivity contribution in [1.82, 2.24) is 25.3 Å². The molecule has 2 saturated carbocycles. The van der Waals surface area contributed by atoms with Crippen molar-refractivity contribution in [2.24, 2.45) is 38.1 Å². The zero-order chi connectivity index (χ0) is 25.4. The molecule has 2 aromatic rings. The molecule has 0 aromatic carbocycles. The van der Waals surface area contributed by atoms with Gasteiger partial charge < -0.3 is 15.8 Å². The van der Waals surface area contributed by atoms with Crippen LogP contribution in [-0.4, -0.2) is 63.5 Å². The molecular formula is C26H29N9O2. The lowest BCUT2D eigenvalue weighted by Gasteiger charge is -2.30. The van der Waals surface area contributed by atoms with Gasteiger partial charge in [-0.25, -0.2) is 24.9 Å². The average Bonchev–Trinajstić information content (AvgIpc) is 3.42. The number of nitrogens with zero attached hydrogens (tertiary/aromatic N) is 7. The van der Waals surface area contributed by atoms with Crippen LogP contribution >= 0.6 is 0 Å². The van der Waals surface area contributed by atoms with Crippen LogP contribution in [-0.2, 0) is 4.79 Å². The van der Waals surface area contributed by atoms with Crippen molar-refractivity contribution in [3.63, 3.8) is 0 Å². The number of methoxy groups -OCH3 is 1. The molecule has 0 saturated heterocycles. The highest BCUT2D eigenvalue weighted by atomic mass is 16.5. The van der Waals surface area contributed by atoms with Crippen molar-refractivity contribution in [2.45, 2.75) is 44.2 Å². The Morgan fingerprint density at radius 1 is 1.24 bits per heavy atom. The third-order valence-electron chi connectivity index (χ3n) is 7.90. The van der Waals surface area contributed by atoms with Gasteiger partial charge in [0.2, 0.25) is 17.7 Å². The first kappa shape index (κ1) is 23.3. The zero-order valence-electron chi connectivity index (χ0n) is 20.6. The van der Waals surface area contributed by atoms with Crippen LogP contribution in [0.5, 0.6) is 5.88 Å². The van der Waals surface area contributed by atoms with Crippen molar-refractivity contribution in [3.8, 4) is 5.88 Å². The second kappa shape index (κ2) is 9.38. The van der Waals surface area contributed by atoms with E-state index in [1.807, 2.05) is 24.4 Å². The summed E-state index contributed by atoms with van der Waals surface area (Å²) in [5.74, 6) is 1.22. The summed E-state index contributed by atoms with van der Waals surface area (Å²) in [7, 11) is 1.57. The summed E-state index contributed by atoms with van der Waals surface area (Å²) in [6.45, 7) is 0. The molecule has 2 aromatic heterocycles. The molecule has 190 valence electrons. The van der Waals surface area contributed by atoms with E-state index in [9.17, 15) is 4.79 Å². The maximum atomic E-state index is 13.5. The van der Waals surface area contributed by atoms with Gasteiger partial charge >= 0.3 is 0 Å². The molecule has 1 spiro atoms. The maximum Gasteiger partial charge on any atom is 0.248 e. The first-order valence-electron chi connectivity index (χ1n) is 12.5. The Labute approximate surface area is 214 Å². The summed E-state index contributed by atoms with van der Waals surface area (Å²) in [5.41, 5.74) is 8.07. The number of amidine groups is 1. The molecule has 4 heterocycles. The Bertz CT molecular complexity index is 1300. The molecule has 6 rings (SSSR count). The summed E-state index contributed by atoms with van der Waals surface area (Å²) in [6.07, 6.45) is 15.6. The third kappa shape index (κ3) is 4.45. The molecule has 11 nitrogen and oxygen atoms in total. The van der Waals surface area contributed by atoms with Crippen LogP contribution in [0.4, 0.5) is 5.95 Å². The van der Waals surface area contributed by atoms with Gasteiger partial charge in [-0.15, -0.1) is 0 Å². The number of amides is 1. The maximum absolute atomic E-state index is 13.5. The fraction of sp³-hybridized carbons (Fsp3) is 0.423. The largest absolute Gasteiger partial charge is 0.481 e. The van der Waals surface area contributed by atoms with Crippen LogP contribution < -0.4 is 15.8 Å². The number of aromatic nitrogens is 3. The number of ether oxygens (including phenoxy) is 1. The van der Waals surface area contributed by atoms with E-state index >= 15 is 0 Å². The minimum absolute atomic E-state index is 0.0481. The van der Waals surface area contributed by atoms with Crippen LogP contribution in [0.3, 0.4) is 0 Å². The fourth-order valence-electron chi connectivity index (χ4n) is 5.70. The normalized spacial score (nSPS) is 30.1. The van der Waals surface area contributed by atoms with Gasteiger partial charge in [0.1, 0.15) is 18.2 Å².